The average Bonchev–Trinajstić information content (AvgIpc) is 3.65. The number of nitrogens with one attached hydrogen (secondary N) is 5. The molecule has 0 aliphatic rings. The number of hydrogen-bond acceptors (Lipinski definition) is 10. The third-order valence-corrected chi connectivity index (χ3v) is 8.75. The van der Waals surface area contributed by atoms with Crippen LogP contribution in [-0.4, -0.2) is 75.9 Å². The van der Waals surface area contributed by atoms with E-state index in [0.717, 1.165) is 18.6 Å². The largest absolute Gasteiger partial charge is 0.506 e. The number of amides is 2. The predicted octanol–water partition coefficient (Wildman–Crippen LogP) is 1.57. The summed E-state index contributed by atoms with van der Waals surface area (Å²) in [6, 6.07) is 20.3. The first kappa shape index (κ1) is 42.8. The van der Waals surface area contributed by atoms with E-state index in [4.69, 9.17) is 0 Å². The number of carbonyl (C=O) groups excluding carboxylic acids is 4. The monoisotopic (exact) mass is 785 g/mol. The summed E-state index contributed by atoms with van der Waals surface area (Å²) in [6.45, 7) is 6.61. The van der Waals surface area contributed by atoms with Crippen molar-refractivity contribution in [3.63, 3.8) is 0 Å². The summed E-state index contributed by atoms with van der Waals surface area (Å²) in [6.07, 6.45) is 2.68. The van der Waals surface area contributed by atoms with E-state index in [1.165, 1.54) is 26.0 Å². The second-order valence-corrected chi connectivity index (χ2v) is 13.0. The number of Topliss-reactive ketones (excluding diaryl/α,β-unsaturated/α-hetero) is 2. The standard InChI is InChI=1S/C21H22N4O5.C18H25N5O4/c1-3-18(27)16(22-13(2)26)11-14-9-10-19(28)17(12-14)25-21(30)24(20(29)23-25)15-7-5-4-6-8-15;1-3-16(25)15(20-13(2)24)11-7-8-12-19-23-18(27)22(17(26)21-23)14-9-5-4-6-10-14/h4-10,12,16,28H,3,11H2,1-2H3,(H,22,26)(H,23,29);4-6,9-10,15,19H,3,7-8,11-12H2,1-2H3,(H,20,24)(H,21,26)/t16-;15-/m00/s1. The molecule has 0 spiro atoms. The van der Waals surface area contributed by atoms with Gasteiger partial charge in [0.25, 0.3) is 0 Å². The fraction of sp³-hybridized carbons (Fsp3) is 0.333. The van der Waals surface area contributed by atoms with E-state index in [-0.39, 0.29) is 47.7 Å². The Kier molecular flexibility index (Phi) is 15.1. The van der Waals surface area contributed by atoms with Crippen molar-refractivity contribution in [3.8, 4) is 22.8 Å². The number of phenols is 1. The second kappa shape index (κ2) is 20.1. The zero-order chi connectivity index (χ0) is 41.6. The van der Waals surface area contributed by atoms with Crippen molar-refractivity contribution < 1.29 is 24.3 Å². The molecule has 2 aromatic heterocycles. The topological polar surface area (TPSA) is 244 Å². The maximum Gasteiger partial charge on any atom is 0.371 e. The number of aromatic nitrogens is 6. The summed E-state index contributed by atoms with van der Waals surface area (Å²) in [5.74, 6) is -0.924. The molecule has 0 aliphatic carbocycles. The van der Waals surface area contributed by atoms with Crippen LogP contribution in [0.3, 0.4) is 0 Å². The number of aromatic hydroxyl groups is 1. The van der Waals surface area contributed by atoms with Gasteiger partial charge in [-0.2, -0.15) is 4.68 Å². The smallest absolute Gasteiger partial charge is 0.371 e. The number of nitrogens with zero attached hydrogens (tertiary/aromatic N) is 4. The van der Waals surface area contributed by atoms with Gasteiger partial charge in [-0.1, -0.05) is 56.3 Å². The first-order valence-electron chi connectivity index (χ1n) is 18.4. The Balaban J connectivity index is 0.000000254. The summed E-state index contributed by atoms with van der Waals surface area (Å²) in [5.41, 5.74) is 2.02. The number of aromatic amines is 2. The van der Waals surface area contributed by atoms with E-state index < -0.39 is 34.8 Å². The Morgan fingerprint density at radius 3 is 1.77 bits per heavy atom. The zero-order valence-electron chi connectivity index (χ0n) is 32.1. The van der Waals surface area contributed by atoms with Gasteiger partial charge in [0.1, 0.15) is 11.4 Å². The molecule has 0 saturated carbocycles. The molecule has 18 nitrogen and oxygen atoms in total. The number of rotatable bonds is 17. The molecule has 2 amide bonds. The van der Waals surface area contributed by atoms with E-state index in [2.05, 4.69) is 26.3 Å². The molecule has 0 saturated heterocycles. The van der Waals surface area contributed by atoms with E-state index in [0.29, 0.717) is 49.2 Å². The van der Waals surface area contributed by atoms with Gasteiger partial charge in [0.2, 0.25) is 11.8 Å². The van der Waals surface area contributed by atoms with Crippen molar-refractivity contribution in [2.24, 2.45) is 0 Å². The minimum Gasteiger partial charge on any atom is -0.506 e. The third-order valence-electron chi connectivity index (χ3n) is 8.75. The zero-order valence-corrected chi connectivity index (χ0v) is 32.1. The minimum absolute atomic E-state index is 0.00125. The van der Waals surface area contributed by atoms with Crippen LogP contribution in [0.1, 0.15) is 65.4 Å². The molecular weight excluding hydrogens is 738 g/mol. The lowest BCUT2D eigenvalue weighted by Crippen LogP contribution is -2.41. The molecule has 0 aliphatic heterocycles. The first-order chi connectivity index (χ1) is 27.2. The summed E-state index contributed by atoms with van der Waals surface area (Å²) in [7, 11) is 0. The second-order valence-electron chi connectivity index (χ2n) is 13.0. The van der Waals surface area contributed by atoms with Gasteiger partial charge in [0, 0.05) is 33.2 Å². The van der Waals surface area contributed by atoms with Crippen LogP contribution >= 0.6 is 0 Å². The van der Waals surface area contributed by atoms with Gasteiger partial charge in [0.05, 0.1) is 23.5 Å². The van der Waals surface area contributed by atoms with E-state index in [1.54, 1.807) is 80.6 Å². The maximum atomic E-state index is 12.8. The van der Waals surface area contributed by atoms with Crippen molar-refractivity contribution in [2.75, 3.05) is 12.0 Å². The molecule has 0 fully saturated rings. The highest BCUT2D eigenvalue weighted by molar-refractivity contribution is 5.89. The lowest BCUT2D eigenvalue weighted by Gasteiger charge is -2.17. The van der Waals surface area contributed by atoms with Crippen molar-refractivity contribution in [3.05, 3.63) is 126 Å². The van der Waals surface area contributed by atoms with Gasteiger partial charge in [-0.3, -0.25) is 19.2 Å². The fourth-order valence-corrected chi connectivity index (χ4v) is 5.96. The van der Waals surface area contributed by atoms with Crippen molar-refractivity contribution in [1.29, 1.82) is 0 Å². The molecule has 3 aromatic carbocycles. The highest BCUT2D eigenvalue weighted by Gasteiger charge is 2.21. The normalized spacial score (nSPS) is 11.8. The molecule has 0 bridgehead atoms. The molecule has 0 unspecified atom stereocenters. The Morgan fingerprint density at radius 2 is 1.21 bits per heavy atom. The predicted molar refractivity (Wildman–Crippen MR) is 212 cm³/mol. The van der Waals surface area contributed by atoms with Crippen LogP contribution in [0, 0.1) is 0 Å². The molecule has 6 N–H and O–H groups in total. The van der Waals surface area contributed by atoms with Gasteiger partial charge in [-0.05, 0) is 67.6 Å². The number of phenolic OH excluding ortho intramolecular Hbond substituents is 1. The number of H-pyrrole nitrogens is 2. The van der Waals surface area contributed by atoms with E-state index >= 15 is 0 Å². The summed E-state index contributed by atoms with van der Waals surface area (Å²) >= 11 is 0. The SMILES string of the molecule is CCC(=O)[C@H](CCCCNn1[nH]c(=O)n(-c2ccccc2)c1=O)NC(C)=O.CCC(=O)[C@H](Cc1ccc(O)c(-n2[nH]c(=O)n(-c3ccccc3)c2=O)c1)NC(C)=O. The Labute approximate surface area is 326 Å². The van der Waals surface area contributed by atoms with Crippen LogP contribution < -0.4 is 38.8 Å². The van der Waals surface area contributed by atoms with Crippen LogP contribution in [0.5, 0.6) is 5.75 Å². The van der Waals surface area contributed by atoms with E-state index in [1.807, 2.05) is 0 Å². The van der Waals surface area contributed by atoms with Crippen LogP contribution in [0.25, 0.3) is 17.1 Å². The minimum atomic E-state index is -0.727. The number of para-hydroxylation sites is 2. The molecule has 5 rings (SSSR count). The summed E-state index contributed by atoms with van der Waals surface area (Å²) < 4.78 is 2.94. The van der Waals surface area contributed by atoms with Crippen molar-refractivity contribution >= 4 is 23.4 Å². The highest BCUT2D eigenvalue weighted by Crippen LogP contribution is 2.22. The van der Waals surface area contributed by atoms with Gasteiger partial charge in [-0.25, -0.2) is 38.5 Å². The van der Waals surface area contributed by atoms with Gasteiger partial charge in [0.15, 0.2) is 11.6 Å². The summed E-state index contributed by atoms with van der Waals surface area (Å²) in [5, 5.41) is 20.5. The van der Waals surface area contributed by atoms with Gasteiger partial charge < -0.3 is 21.2 Å². The van der Waals surface area contributed by atoms with Crippen LogP contribution in [0.2, 0.25) is 0 Å². The molecule has 2 atom stereocenters. The number of unbranched alkanes of at least 4 members (excludes halogenated alkanes) is 1. The first-order valence-corrected chi connectivity index (χ1v) is 18.4. The quantitative estimate of drug-likeness (QED) is 0.0744. The molecule has 57 heavy (non-hydrogen) atoms. The molecule has 302 valence electrons. The van der Waals surface area contributed by atoms with Gasteiger partial charge in [-0.15, -0.1) is 4.79 Å². The van der Waals surface area contributed by atoms with Crippen molar-refractivity contribution in [2.45, 2.75) is 78.3 Å². The third kappa shape index (κ3) is 11.3. The Morgan fingerprint density at radius 1 is 0.684 bits per heavy atom. The van der Waals surface area contributed by atoms with E-state index in [9.17, 15) is 43.5 Å². The molecule has 5 aromatic rings. The number of benzene rings is 3. The lowest BCUT2D eigenvalue weighted by atomic mass is 10.00. The Hall–Kier alpha value is -6.98. The molecule has 2 heterocycles. The highest BCUT2D eigenvalue weighted by atomic mass is 16.3. The van der Waals surface area contributed by atoms with Gasteiger partial charge >= 0.3 is 22.8 Å². The van der Waals surface area contributed by atoms with Crippen LogP contribution in [-0.2, 0) is 25.6 Å². The number of ketones is 2. The molecule has 0 radical (unpaired) electrons. The summed E-state index contributed by atoms with van der Waals surface area (Å²) in [4.78, 5) is 97.3. The maximum absolute atomic E-state index is 12.8. The fourth-order valence-electron chi connectivity index (χ4n) is 5.96. The molecular formula is C39H47N9O9. The van der Waals surface area contributed by atoms with Crippen LogP contribution in [0.4, 0.5) is 0 Å². The van der Waals surface area contributed by atoms with Crippen LogP contribution in [0.15, 0.2) is 98.0 Å². The lowest BCUT2D eigenvalue weighted by molar-refractivity contribution is -0.126. The Bertz CT molecular complexity index is 2400. The number of carbonyl (C=O) groups is 4. The van der Waals surface area contributed by atoms with Crippen molar-refractivity contribution in [1.82, 2.24) is 39.4 Å². The average molecular weight is 786 g/mol. The molecule has 18 heteroatoms. The number of hydrogen-bond donors (Lipinski definition) is 6.